The highest BCUT2D eigenvalue weighted by molar-refractivity contribution is 5.71. The van der Waals surface area contributed by atoms with Gasteiger partial charge in [0, 0.05) is 31.1 Å². The molecule has 3 aliphatic rings. The van der Waals surface area contributed by atoms with Gasteiger partial charge in [-0.1, -0.05) is 86.8 Å². The van der Waals surface area contributed by atoms with Crippen molar-refractivity contribution in [2.75, 3.05) is 0 Å². The van der Waals surface area contributed by atoms with Crippen molar-refractivity contribution in [3.05, 3.63) is 72.9 Å². The largest absolute Gasteiger partial charge is 0.481 e. The first kappa shape index (κ1) is 56.1. The van der Waals surface area contributed by atoms with Crippen LogP contribution < -0.4 is 5.73 Å². The average molecular weight is 926 g/mol. The van der Waals surface area contributed by atoms with Crippen molar-refractivity contribution in [3.63, 3.8) is 0 Å². The minimum absolute atomic E-state index is 0.138. The number of hydrogen-bond donors (Lipinski definition) is 12. The van der Waals surface area contributed by atoms with Gasteiger partial charge in [0.1, 0.15) is 18.1 Å². The Bertz CT molecular complexity index is 1620. The molecule has 2 fully saturated rings. The second-order valence-electron chi connectivity index (χ2n) is 17.8. The fourth-order valence-corrected chi connectivity index (χ4v) is 8.11. The fraction of sp³-hybridized carbons (Fsp3) is 0.702. The van der Waals surface area contributed by atoms with Crippen LogP contribution in [0.25, 0.3) is 0 Å². The summed E-state index contributed by atoms with van der Waals surface area (Å²) in [5, 5.41) is 118. The summed E-state index contributed by atoms with van der Waals surface area (Å²) in [5.41, 5.74) is 6.02. The number of aliphatic hydroxyl groups is 10. The van der Waals surface area contributed by atoms with Crippen molar-refractivity contribution in [1.82, 2.24) is 0 Å². The highest BCUT2D eigenvalue weighted by Gasteiger charge is 2.51. The molecule has 0 aromatic heterocycles. The van der Waals surface area contributed by atoms with Gasteiger partial charge in [-0.2, -0.15) is 0 Å². The molecule has 18 nitrogen and oxygen atoms in total. The lowest BCUT2D eigenvalue weighted by Gasteiger charge is -2.45. The van der Waals surface area contributed by atoms with Gasteiger partial charge in [-0.25, -0.2) is 0 Å². The Morgan fingerprint density at radius 2 is 1.28 bits per heavy atom. The van der Waals surface area contributed by atoms with Gasteiger partial charge >= 0.3 is 11.9 Å². The van der Waals surface area contributed by atoms with Crippen molar-refractivity contribution in [1.29, 1.82) is 0 Å². The number of fused-ring (bicyclic) bond motifs is 2. The van der Waals surface area contributed by atoms with Gasteiger partial charge in [-0.15, -0.1) is 0 Å². The van der Waals surface area contributed by atoms with E-state index >= 15 is 0 Å². The number of nitrogens with two attached hydrogens (primary N) is 1. The predicted molar refractivity (Wildman–Crippen MR) is 237 cm³/mol. The third-order valence-electron chi connectivity index (χ3n) is 12.2. The summed E-state index contributed by atoms with van der Waals surface area (Å²) >= 11 is 0. The minimum Gasteiger partial charge on any atom is -0.481 e. The van der Waals surface area contributed by atoms with Crippen LogP contribution in [0.15, 0.2) is 72.9 Å². The zero-order valence-electron chi connectivity index (χ0n) is 37.8. The highest BCUT2D eigenvalue weighted by atomic mass is 16.7. The van der Waals surface area contributed by atoms with E-state index in [1.807, 2.05) is 49.5 Å². The number of ether oxygens (including phenoxy) is 4. The molecule has 19 atom stereocenters. The number of carboxylic acid groups (broad SMARTS) is 1. The molecule has 0 aliphatic carbocycles. The van der Waals surface area contributed by atoms with Crippen molar-refractivity contribution in [3.8, 4) is 0 Å². The summed E-state index contributed by atoms with van der Waals surface area (Å²) in [6.07, 6.45) is 2.28. The van der Waals surface area contributed by atoms with E-state index in [2.05, 4.69) is 0 Å². The number of rotatable bonds is 3. The fourth-order valence-electron chi connectivity index (χ4n) is 8.11. The monoisotopic (exact) mass is 926 g/mol. The van der Waals surface area contributed by atoms with E-state index in [4.69, 9.17) is 24.7 Å². The van der Waals surface area contributed by atoms with Crippen LogP contribution in [0.5, 0.6) is 0 Å². The molecule has 3 aliphatic heterocycles. The molecule has 2 bridgehead atoms. The van der Waals surface area contributed by atoms with Crippen molar-refractivity contribution < 1.29 is 84.7 Å². The summed E-state index contributed by atoms with van der Waals surface area (Å²) in [5.74, 6) is -6.82. The maximum absolute atomic E-state index is 12.6. The van der Waals surface area contributed by atoms with Crippen molar-refractivity contribution >= 4 is 11.9 Å². The van der Waals surface area contributed by atoms with Gasteiger partial charge in [0.15, 0.2) is 12.1 Å². The number of carbonyl (C=O) groups is 2. The lowest BCUT2D eigenvalue weighted by Crippen LogP contribution is -2.61. The number of allylic oxidation sites excluding steroid dienone is 10. The Morgan fingerprint density at radius 1 is 0.692 bits per heavy atom. The van der Waals surface area contributed by atoms with Crippen LogP contribution in [-0.4, -0.2) is 166 Å². The smallest absolute Gasteiger partial charge is 0.311 e. The van der Waals surface area contributed by atoms with Gasteiger partial charge in [0.05, 0.1) is 79.6 Å². The topological polar surface area (TPSA) is 320 Å². The Morgan fingerprint density at radius 3 is 1.94 bits per heavy atom. The molecule has 13 N–H and O–H groups in total. The summed E-state index contributed by atoms with van der Waals surface area (Å²) in [4.78, 5) is 25.1. The molecule has 370 valence electrons. The summed E-state index contributed by atoms with van der Waals surface area (Å²) in [7, 11) is 0. The first-order valence-electron chi connectivity index (χ1n) is 22.6. The standard InChI is InChI=1S/C47H75NO17/c1-27-17-15-13-11-9-7-5-6-8-10-12-14-16-18-34(64-46-44(58)41(48)43(57)30(4)63-46)24-38-40(45(59)60)37(54)26-47(61,65-38)25-36(53)35(52)20-19-31(49)21-32(50)22-33(51)23-39(55)62-29(3)28(2)42(27)56/h5-6,8,10-18,27-38,40-44,46,49-54,56-58,61H,7,9,19-26,48H2,1-4H3,(H,59,60)/b6-5-,10-8-,13-11?,14-12-,17-15-,18-16?/t27-,28+,29-,30-,31+,32+,33+,34+,35-,36+,37+,38-,40+,41+,42-,43+,44-,46+,47+/m0/s1. The molecule has 65 heavy (non-hydrogen) atoms. The summed E-state index contributed by atoms with van der Waals surface area (Å²) in [6.45, 7) is 6.78. The molecule has 2 saturated heterocycles. The van der Waals surface area contributed by atoms with Crippen LogP contribution in [0, 0.1) is 17.8 Å². The van der Waals surface area contributed by atoms with Crippen LogP contribution in [0.3, 0.4) is 0 Å². The molecule has 0 radical (unpaired) electrons. The molecule has 0 amide bonds. The van der Waals surface area contributed by atoms with Crippen LogP contribution in [0.1, 0.15) is 91.9 Å². The molecule has 0 aromatic rings. The molecule has 0 saturated carbocycles. The Kier molecular flexibility index (Phi) is 23.8. The number of carbonyl (C=O) groups excluding carboxylic acids is 1. The Labute approximate surface area is 381 Å². The molecule has 18 heteroatoms. The lowest BCUT2D eigenvalue weighted by molar-refractivity contribution is -0.310. The van der Waals surface area contributed by atoms with E-state index in [1.165, 1.54) is 13.0 Å². The van der Waals surface area contributed by atoms with E-state index in [0.717, 1.165) is 12.8 Å². The van der Waals surface area contributed by atoms with Crippen LogP contribution in [0.2, 0.25) is 0 Å². The first-order valence-corrected chi connectivity index (χ1v) is 22.6. The Hall–Kier alpha value is -3.18. The molecular weight excluding hydrogens is 851 g/mol. The van der Waals surface area contributed by atoms with Gasteiger partial charge < -0.3 is 80.9 Å². The molecule has 0 aromatic carbocycles. The predicted octanol–water partition coefficient (Wildman–Crippen LogP) is 0.936. The molecule has 3 heterocycles. The minimum atomic E-state index is -2.35. The van der Waals surface area contributed by atoms with E-state index in [9.17, 15) is 65.8 Å². The average Bonchev–Trinajstić information content (AvgIpc) is 3.21. The SMILES string of the molecule is C[C@H]1[C@@H](O)[C@@H](C)/C=C\C=CCC\C=C/C=C\C=C/C=C[C@@H](O[C@H]2O[C@@H](C)[C@@H](O)[C@@H](N)[C@@H]2O)C[C@@H]2O[C@@](O)(C[C@@H](O)[C@H]2C(=O)O)C[C@@H](O)[C@@H](O)CC[C@@H](O)C[C@@H](O)C[C@@H](O)CC(=O)O[C@H]1C. The second kappa shape index (κ2) is 27.6. The maximum Gasteiger partial charge on any atom is 0.311 e. The van der Waals surface area contributed by atoms with Gasteiger partial charge in [0.25, 0.3) is 0 Å². The molecule has 3 rings (SSSR count). The number of aliphatic carboxylic acids is 1. The quantitative estimate of drug-likeness (QED) is 0.175. The van der Waals surface area contributed by atoms with Gasteiger partial charge in [-0.3, -0.25) is 9.59 Å². The van der Waals surface area contributed by atoms with E-state index in [-0.39, 0.29) is 38.0 Å². The third-order valence-corrected chi connectivity index (χ3v) is 12.2. The van der Waals surface area contributed by atoms with Crippen LogP contribution in [0.4, 0.5) is 0 Å². The second-order valence-corrected chi connectivity index (χ2v) is 17.8. The summed E-state index contributed by atoms with van der Waals surface area (Å²) in [6, 6.07) is -1.14. The van der Waals surface area contributed by atoms with E-state index in [1.54, 1.807) is 38.2 Å². The summed E-state index contributed by atoms with van der Waals surface area (Å²) < 4.78 is 23.2. The van der Waals surface area contributed by atoms with Crippen LogP contribution >= 0.6 is 0 Å². The molecule has 0 unspecified atom stereocenters. The number of cyclic esters (lactones) is 1. The first-order chi connectivity index (χ1) is 30.6. The third kappa shape index (κ3) is 18.8. The lowest BCUT2D eigenvalue weighted by atomic mass is 9.82. The zero-order chi connectivity index (χ0) is 48.4. The van der Waals surface area contributed by atoms with E-state index in [0.29, 0.717) is 0 Å². The number of aliphatic hydroxyl groups excluding tert-OH is 9. The Balaban J connectivity index is 1.84. The molecule has 0 spiro atoms. The number of hydrogen-bond acceptors (Lipinski definition) is 17. The van der Waals surface area contributed by atoms with E-state index < -0.39 is 141 Å². The van der Waals surface area contributed by atoms with Crippen molar-refractivity contribution in [2.45, 2.75) is 189 Å². The van der Waals surface area contributed by atoms with Gasteiger partial charge in [0.2, 0.25) is 0 Å². The van der Waals surface area contributed by atoms with Gasteiger partial charge in [-0.05, 0) is 52.4 Å². The normalized spacial score (nSPS) is 44.3. The van der Waals surface area contributed by atoms with Crippen LogP contribution in [-0.2, 0) is 28.5 Å². The highest BCUT2D eigenvalue weighted by Crippen LogP contribution is 2.38. The zero-order valence-corrected chi connectivity index (χ0v) is 37.8. The maximum atomic E-state index is 12.6. The number of esters is 1. The number of carboxylic acids is 1. The van der Waals surface area contributed by atoms with Crippen molar-refractivity contribution in [2.24, 2.45) is 23.5 Å². The molecular formula is C47H75NO17.